The van der Waals surface area contributed by atoms with Gasteiger partial charge in [0.15, 0.2) is 0 Å². The lowest BCUT2D eigenvalue weighted by Gasteiger charge is -2.20. The van der Waals surface area contributed by atoms with Crippen molar-refractivity contribution < 1.29 is 5.11 Å². The Kier molecular flexibility index (Phi) is 2.03. The average Bonchev–Trinajstić information content (AvgIpc) is 2.19. The molecule has 2 rings (SSSR count). The van der Waals surface area contributed by atoms with Crippen molar-refractivity contribution in [1.29, 1.82) is 0 Å². The molecule has 0 amide bonds. The van der Waals surface area contributed by atoms with Crippen LogP contribution in [0.1, 0.15) is 11.1 Å². The molecule has 0 heterocycles. The van der Waals surface area contributed by atoms with Crippen molar-refractivity contribution in [3.8, 4) is 0 Å². The Morgan fingerprint density at radius 2 is 2.08 bits per heavy atom. The van der Waals surface area contributed by atoms with Gasteiger partial charge in [0, 0.05) is 5.92 Å². The van der Waals surface area contributed by atoms with Crippen LogP contribution in [0, 0.1) is 5.92 Å². The highest BCUT2D eigenvalue weighted by Gasteiger charge is 2.15. The maximum absolute atomic E-state index is 9.07. The van der Waals surface area contributed by atoms with Crippen molar-refractivity contribution in [1.82, 2.24) is 0 Å². The van der Waals surface area contributed by atoms with Crippen LogP contribution in [0.2, 0.25) is 0 Å². The molecule has 0 spiro atoms. The number of benzene rings is 1. The Hall–Kier alpha value is -1.34. The summed E-state index contributed by atoms with van der Waals surface area (Å²) in [6.45, 7) is 4.14. The van der Waals surface area contributed by atoms with Crippen molar-refractivity contribution in [2.75, 3.05) is 6.61 Å². The van der Waals surface area contributed by atoms with Crippen molar-refractivity contribution in [3.05, 3.63) is 48.0 Å². The van der Waals surface area contributed by atoms with Crippen LogP contribution >= 0.6 is 0 Å². The predicted octanol–water partition coefficient (Wildman–Crippen LogP) is 2.34. The molecule has 0 bridgehead atoms. The molecule has 13 heavy (non-hydrogen) atoms. The smallest absolute Gasteiger partial charge is 0.0534 e. The van der Waals surface area contributed by atoms with Crippen LogP contribution < -0.4 is 0 Å². The molecule has 1 nitrogen and oxygen atoms in total. The summed E-state index contributed by atoms with van der Waals surface area (Å²) >= 11 is 0. The minimum atomic E-state index is 0.0925. The minimum absolute atomic E-state index is 0.0925. The van der Waals surface area contributed by atoms with E-state index >= 15 is 0 Å². The third-order valence-electron chi connectivity index (χ3n) is 2.46. The molecule has 1 unspecified atom stereocenters. The Morgan fingerprint density at radius 3 is 2.85 bits per heavy atom. The maximum Gasteiger partial charge on any atom is 0.0534 e. The van der Waals surface area contributed by atoms with Gasteiger partial charge >= 0.3 is 0 Å². The first-order valence-corrected chi connectivity index (χ1v) is 4.40. The molecule has 0 aromatic heterocycles. The largest absolute Gasteiger partial charge is 0.395 e. The molecule has 1 aliphatic carbocycles. The van der Waals surface area contributed by atoms with E-state index in [-0.39, 0.29) is 12.5 Å². The molecule has 1 aliphatic rings. The first-order chi connectivity index (χ1) is 6.33. The standard InChI is InChI=1S/C12H12O/c1-9-11(8-13)7-6-10-4-2-3-5-12(9)10/h2-7,11,13H,1,8H2. The van der Waals surface area contributed by atoms with Crippen LogP contribution in [0.4, 0.5) is 0 Å². The summed E-state index contributed by atoms with van der Waals surface area (Å²) in [7, 11) is 0. The number of aliphatic hydroxyl groups excluding tert-OH is 1. The number of fused-ring (bicyclic) bond motifs is 1. The van der Waals surface area contributed by atoms with Gasteiger partial charge in [-0.25, -0.2) is 0 Å². The number of hydrogen-bond donors (Lipinski definition) is 1. The van der Waals surface area contributed by atoms with E-state index in [1.54, 1.807) is 0 Å². The van der Waals surface area contributed by atoms with Gasteiger partial charge in [0.2, 0.25) is 0 Å². The Labute approximate surface area is 78.0 Å². The fraction of sp³-hybridized carbons (Fsp3) is 0.167. The lowest BCUT2D eigenvalue weighted by atomic mass is 9.86. The lowest BCUT2D eigenvalue weighted by molar-refractivity contribution is 0.277. The van der Waals surface area contributed by atoms with Crippen LogP contribution in [-0.2, 0) is 0 Å². The molecule has 0 saturated heterocycles. The Balaban J connectivity index is 2.48. The van der Waals surface area contributed by atoms with E-state index in [1.807, 2.05) is 30.4 Å². The highest BCUT2D eigenvalue weighted by molar-refractivity contribution is 5.79. The summed E-state index contributed by atoms with van der Waals surface area (Å²) < 4.78 is 0. The first-order valence-electron chi connectivity index (χ1n) is 4.40. The lowest BCUT2D eigenvalue weighted by Crippen LogP contribution is -2.08. The molecule has 1 atom stereocenters. The second-order valence-corrected chi connectivity index (χ2v) is 3.26. The Bertz CT molecular complexity index is 363. The van der Waals surface area contributed by atoms with E-state index in [0.29, 0.717) is 0 Å². The number of hydrogen-bond acceptors (Lipinski definition) is 1. The fourth-order valence-corrected chi connectivity index (χ4v) is 1.64. The SMILES string of the molecule is C=C1c2ccccc2C=CC1CO. The van der Waals surface area contributed by atoms with Crippen LogP contribution in [0.5, 0.6) is 0 Å². The van der Waals surface area contributed by atoms with Gasteiger partial charge in [-0.05, 0) is 16.7 Å². The van der Waals surface area contributed by atoms with Gasteiger partial charge in [-0.15, -0.1) is 0 Å². The third kappa shape index (κ3) is 1.31. The minimum Gasteiger partial charge on any atom is -0.395 e. The van der Waals surface area contributed by atoms with Gasteiger partial charge in [0.05, 0.1) is 6.61 Å². The molecule has 1 heteroatoms. The highest BCUT2D eigenvalue weighted by atomic mass is 16.3. The Morgan fingerprint density at radius 1 is 1.31 bits per heavy atom. The van der Waals surface area contributed by atoms with Gasteiger partial charge in [-0.3, -0.25) is 0 Å². The molecule has 0 fully saturated rings. The van der Waals surface area contributed by atoms with Crippen LogP contribution in [0.3, 0.4) is 0 Å². The average molecular weight is 172 g/mol. The zero-order valence-corrected chi connectivity index (χ0v) is 7.40. The molecule has 0 aliphatic heterocycles. The molecule has 1 N–H and O–H groups in total. The topological polar surface area (TPSA) is 20.2 Å². The number of rotatable bonds is 1. The molecule has 66 valence electrons. The third-order valence-corrected chi connectivity index (χ3v) is 2.46. The van der Waals surface area contributed by atoms with Crippen molar-refractivity contribution in [2.45, 2.75) is 0 Å². The van der Waals surface area contributed by atoms with Crippen molar-refractivity contribution >= 4 is 11.6 Å². The van der Waals surface area contributed by atoms with Gasteiger partial charge in [0.1, 0.15) is 0 Å². The van der Waals surface area contributed by atoms with E-state index in [0.717, 1.165) is 11.1 Å². The summed E-state index contributed by atoms with van der Waals surface area (Å²) in [5.74, 6) is 0.0925. The quantitative estimate of drug-likeness (QED) is 0.689. The summed E-state index contributed by atoms with van der Waals surface area (Å²) in [5, 5.41) is 9.07. The number of aliphatic hydroxyl groups is 1. The van der Waals surface area contributed by atoms with Crippen molar-refractivity contribution in [2.24, 2.45) is 5.92 Å². The van der Waals surface area contributed by atoms with E-state index in [4.69, 9.17) is 5.11 Å². The normalized spacial score (nSPS) is 20.1. The second kappa shape index (κ2) is 3.19. The van der Waals surface area contributed by atoms with Crippen LogP contribution in [0.15, 0.2) is 36.9 Å². The molecular formula is C12H12O. The van der Waals surface area contributed by atoms with E-state index in [2.05, 4.69) is 12.6 Å². The zero-order valence-electron chi connectivity index (χ0n) is 7.40. The summed E-state index contributed by atoms with van der Waals surface area (Å²) in [6.07, 6.45) is 4.05. The van der Waals surface area contributed by atoms with E-state index in [9.17, 15) is 0 Å². The summed E-state index contributed by atoms with van der Waals surface area (Å²) in [4.78, 5) is 0. The first kappa shape index (κ1) is 8.27. The van der Waals surface area contributed by atoms with E-state index in [1.165, 1.54) is 5.56 Å². The fourth-order valence-electron chi connectivity index (χ4n) is 1.64. The van der Waals surface area contributed by atoms with Crippen LogP contribution in [-0.4, -0.2) is 11.7 Å². The molecule has 0 radical (unpaired) electrons. The van der Waals surface area contributed by atoms with Gasteiger partial charge < -0.3 is 5.11 Å². The summed E-state index contributed by atoms with van der Waals surface area (Å²) in [5.41, 5.74) is 3.36. The van der Waals surface area contributed by atoms with E-state index < -0.39 is 0 Å². The second-order valence-electron chi connectivity index (χ2n) is 3.26. The monoisotopic (exact) mass is 172 g/mol. The molecule has 0 saturated carbocycles. The summed E-state index contributed by atoms with van der Waals surface area (Å²) in [6, 6.07) is 8.11. The van der Waals surface area contributed by atoms with Crippen LogP contribution in [0.25, 0.3) is 11.6 Å². The maximum atomic E-state index is 9.07. The van der Waals surface area contributed by atoms with Gasteiger partial charge in [-0.2, -0.15) is 0 Å². The molecule has 1 aromatic carbocycles. The zero-order chi connectivity index (χ0) is 9.26. The van der Waals surface area contributed by atoms with Gasteiger partial charge in [0.25, 0.3) is 0 Å². The van der Waals surface area contributed by atoms with Crippen molar-refractivity contribution in [3.63, 3.8) is 0 Å². The highest BCUT2D eigenvalue weighted by Crippen LogP contribution is 2.31. The molecule has 1 aromatic rings. The van der Waals surface area contributed by atoms with Gasteiger partial charge in [-0.1, -0.05) is 43.0 Å². The molecular weight excluding hydrogens is 160 g/mol. The predicted molar refractivity (Wildman–Crippen MR) is 55.1 cm³/mol.